The van der Waals surface area contributed by atoms with E-state index in [9.17, 15) is 19.7 Å². The van der Waals surface area contributed by atoms with Crippen LogP contribution in [0.15, 0.2) is 47.4 Å². The molecule has 36 heavy (non-hydrogen) atoms. The summed E-state index contributed by atoms with van der Waals surface area (Å²) in [5.41, 5.74) is -0.180. The number of aromatic nitrogens is 1. The Morgan fingerprint density at radius 3 is 2.56 bits per heavy atom. The van der Waals surface area contributed by atoms with Crippen molar-refractivity contribution in [2.45, 2.75) is 18.9 Å². The second kappa shape index (κ2) is 9.67. The van der Waals surface area contributed by atoms with Crippen LogP contribution in [0.1, 0.15) is 29.2 Å². The van der Waals surface area contributed by atoms with E-state index in [1.807, 2.05) is 9.47 Å². The highest BCUT2D eigenvalue weighted by Crippen LogP contribution is 2.38. The molecule has 0 unspecified atom stereocenters. The molecule has 0 radical (unpaired) electrons. The molecule has 3 aromatic rings. The predicted molar refractivity (Wildman–Crippen MR) is 133 cm³/mol. The average Bonchev–Trinajstić information content (AvgIpc) is 3.71. The molecule has 2 N–H and O–H groups in total. The lowest BCUT2D eigenvalue weighted by atomic mass is 10.1. The van der Waals surface area contributed by atoms with Crippen molar-refractivity contribution < 1.29 is 19.2 Å². The van der Waals surface area contributed by atoms with Crippen LogP contribution in [0.3, 0.4) is 0 Å². The number of pyridine rings is 1. The van der Waals surface area contributed by atoms with Gasteiger partial charge in [-0.2, -0.15) is 0 Å². The average molecular weight is 496 g/mol. The molecule has 2 aliphatic rings. The Bertz CT molecular complexity index is 1400. The van der Waals surface area contributed by atoms with E-state index in [0.29, 0.717) is 43.9 Å². The second-order valence-corrected chi connectivity index (χ2v) is 9.11. The molecule has 188 valence electrons. The zero-order valence-electron chi connectivity index (χ0n) is 19.5. The van der Waals surface area contributed by atoms with Gasteiger partial charge in [-0.05, 0) is 31.0 Å². The van der Waals surface area contributed by atoms with Crippen LogP contribution in [-0.4, -0.2) is 64.7 Å². The Balaban J connectivity index is 1.52. The lowest BCUT2D eigenvalue weighted by Crippen LogP contribution is -2.47. The fourth-order valence-corrected chi connectivity index (χ4v) is 4.70. The number of β-amino-alcohol motifs (C(OH)–C–C–N with tert-alkyl or cyclic N) is 1. The summed E-state index contributed by atoms with van der Waals surface area (Å²) in [5.74, 6) is -1.33. The van der Waals surface area contributed by atoms with Crippen molar-refractivity contribution in [3.05, 3.63) is 74.3 Å². The highest BCUT2D eigenvalue weighted by Gasteiger charge is 2.29. The summed E-state index contributed by atoms with van der Waals surface area (Å²) < 4.78 is 17.1. The van der Waals surface area contributed by atoms with Crippen LogP contribution >= 0.6 is 0 Å². The quantitative estimate of drug-likeness (QED) is 0.382. The van der Waals surface area contributed by atoms with Crippen molar-refractivity contribution >= 4 is 33.9 Å². The van der Waals surface area contributed by atoms with Gasteiger partial charge in [-0.15, -0.1) is 0 Å². The number of nitro groups is 1. The molecule has 2 heterocycles. The number of nitrogens with one attached hydrogen (secondary N) is 1. The van der Waals surface area contributed by atoms with Gasteiger partial charge in [0.05, 0.1) is 22.7 Å². The maximum atomic E-state index is 15.3. The molecule has 1 aromatic heterocycles. The first kappa shape index (κ1) is 23.9. The van der Waals surface area contributed by atoms with Crippen molar-refractivity contribution in [1.82, 2.24) is 9.47 Å². The number of hydrogen-bond acceptors (Lipinski definition) is 7. The van der Waals surface area contributed by atoms with E-state index in [-0.39, 0.29) is 35.0 Å². The molecule has 2 aromatic carbocycles. The number of aliphatic hydroxyl groups is 1. The number of amides is 1. The summed E-state index contributed by atoms with van der Waals surface area (Å²) in [6.45, 7) is 3.22. The predicted octanol–water partition coefficient (Wildman–Crippen LogP) is 2.75. The molecule has 1 aliphatic carbocycles. The lowest BCUT2D eigenvalue weighted by Gasteiger charge is -2.36. The summed E-state index contributed by atoms with van der Waals surface area (Å²) in [5, 5.41) is 23.0. The molecule has 1 saturated heterocycles. The van der Waals surface area contributed by atoms with Crippen LogP contribution in [0.25, 0.3) is 10.9 Å². The van der Waals surface area contributed by atoms with E-state index in [4.69, 9.17) is 5.11 Å². The number of hydrogen-bond donors (Lipinski definition) is 2. The van der Waals surface area contributed by atoms with Gasteiger partial charge in [-0.1, -0.05) is 12.1 Å². The molecule has 1 amide bonds. The molecule has 5 rings (SSSR count). The van der Waals surface area contributed by atoms with Gasteiger partial charge >= 0.3 is 0 Å². The monoisotopic (exact) mass is 495 g/mol. The second-order valence-electron chi connectivity index (χ2n) is 9.11. The van der Waals surface area contributed by atoms with Crippen LogP contribution in [0.5, 0.6) is 0 Å². The Labute approximate surface area is 205 Å². The number of anilines is 2. The number of nitro benzene ring substituents is 1. The van der Waals surface area contributed by atoms with E-state index in [1.54, 1.807) is 12.1 Å². The summed E-state index contributed by atoms with van der Waals surface area (Å²) in [4.78, 5) is 41.1. The Hall–Kier alpha value is -3.83. The molecule has 1 saturated carbocycles. The van der Waals surface area contributed by atoms with E-state index in [2.05, 4.69) is 10.2 Å². The van der Waals surface area contributed by atoms with Gasteiger partial charge in [0.15, 0.2) is 0 Å². The molecule has 0 spiro atoms. The highest BCUT2D eigenvalue weighted by atomic mass is 19.1. The molecular formula is C25H26FN5O5. The number of nitrogens with zero attached hydrogens (tertiary/aromatic N) is 4. The first-order valence-electron chi connectivity index (χ1n) is 11.9. The summed E-state index contributed by atoms with van der Waals surface area (Å²) in [6.07, 6.45) is 3.22. The zero-order chi connectivity index (χ0) is 25.4. The van der Waals surface area contributed by atoms with Crippen molar-refractivity contribution in [2.24, 2.45) is 0 Å². The number of fused-ring (bicyclic) bond motifs is 1. The maximum absolute atomic E-state index is 15.3. The topological polar surface area (TPSA) is 121 Å². The van der Waals surface area contributed by atoms with Crippen molar-refractivity contribution in [3.63, 3.8) is 0 Å². The number of para-hydroxylation sites is 2. The maximum Gasteiger partial charge on any atom is 0.292 e. The molecule has 0 bridgehead atoms. The first-order valence-corrected chi connectivity index (χ1v) is 11.9. The number of carbonyl (C=O) groups is 1. The number of benzene rings is 2. The van der Waals surface area contributed by atoms with E-state index < -0.39 is 22.1 Å². The summed E-state index contributed by atoms with van der Waals surface area (Å²) in [7, 11) is 0. The minimum Gasteiger partial charge on any atom is -0.395 e. The van der Waals surface area contributed by atoms with Gasteiger partial charge in [-0.3, -0.25) is 24.6 Å². The molecule has 1 aliphatic heterocycles. The third-order valence-corrected chi connectivity index (χ3v) is 6.76. The van der Waals surface area contributed by atoms with Crippen LogP contribution < -0.4 is 15.6 Å². The van der Waals surface area contributed by atoms with Crippen LogP contribution in [0, 0.1) is 15.9 Å². The fraction of sp³-hybridized carbons (Fsp3) is 0.360. The minimum absolute atomic E-state index is 0.0214. The Kier molecular flexibility index (Phi) is 6.42. The third kappa shape index (κ3) is 4.54. The highest BCUT2D eigenvalue weighted by molar-refractivity contribution is 6.07. The molecule has 10 nitrogen and oxygen atoms in total. The normalized spacial score (nSPS) is 16.3. The zero-order valence-corrected chi connectivity index (χ0v) is 19.5. The number of halogens is 1. The Morgan fingerprint density at radius 2 is 1.89 bits per heavy atom. The van der Waals surface area contributed by atoms with Crippen molar-refractivity contribution in [3.8, 4) is 0 Å². The summed E-state index contributed by atoms with van der Waals surface area (Å²) >= 11 is 0. The van der Waals surface area contributed by atoms with Crippen LogP contribution in [0.2, 0.25) is 0 Å². The van der Waals surface area contributed by atoms with Gasteiger partial charge in [0, 0.05) is 56.4 Å². The fourth-order valence-electron chi connectivity index (χ4n) is 4.70. The smallest absolute Gasteiger partial charge is 0.292 e. The van der Waals surface area contributed by atoms with Crippen molar-refractivity contribution in [1.29, 1.82) is 0 Å². The largest absolute Gasteiger partial charge is 0.395 e. The van der Waals surface area contributed by atoms with Gasteiger partial charge in [0.2, 0.25) is 5.43 Å². The molecule has 0 atom stereocenters. The van der Waals surface area contributed by atoms with Crippen molar-refractivity contribution in [2.75, 3.05) is 49.5 Å². The number of rotatable bonds is 7. The summed E-state index contributed by atoms with van der Waals surface area (Å²) in [6, 6.07) is 8.64. The molecule has 11 heteroatoms. The third-order valence-electron chi connectivity index (χ3n) is 6.76. The van der Waals surface area contributed by atoms with Gasteiger partial charge in [0.25, 0.3) is 11.6 Å². The van der Waals surface area contributed by atoms with Gasteiger partial charge in [-0.25, -0.2) is 4.39 Å². The SMILES string of the molecule is O=C(Nc1ccccc1[N+](=O)[O-])c1cn(C2CC2)c2cc(N3CCN(CCO)CC3)c(F)cc2c1=O. The van der Waals surface area contributed by atoms with E-state index in [1.165, 1.54) is 30.5 Å². The number of carbonyl (C=O) groups excluding carboxylic acids is 1. The minimum atomic E-state index is -0.782. The lowest BCUT2D eigenvalue weighted by molar-refractivity contribution is -0.383. The van der Waals surface area contributed by atoms with E-state index >= 15 is 4.39 Å². The standard InChI is InChI=1S/C25H26FN5O5/c26-19-13-17-22(14-23(19)29-9-7-28(8-10-29)11-12-32)30(16-5-6-16)15-18(24(17)33)25(34)27-20-3-1-2-4-21(20)31(35)36/h1-4,13-16,32H,5-12H2,(H,27,34). The number of piperazine rings is 1. The molecule has 2 fully saturated rings. The first-order chi connectivity index (χ1) is 17.4. The molecular weight excluding hydrogens is 469 g/mol. The number of aliphatic hydroxyl groups excluding tert-OH is 1. The van der Waals surface area contributed by atoms with Crippen LogP contribution in [-0.2, 0) is 0 Å². The van der Waals surface area contributed by atoms with E-state index in [0.717, 1.165) is 12.8 Å². The van der Waals surface area contributed by atoms with Gasteiger partial charge in [0.1, 0.15) is 17.1 Å². The van der Waals surface area contributed by atoms with Crippen LogP contribution in [0.4, 0.5) is 21.5 Å². The van der Waals surface area contributed by atoms with Gasteiger partial charge < -0.3 is 19.9 Å². The Morgan fingerprint density at radius 1 is 1.17 bits per heavy atom.